The Morgan fingerprint density at radius 2 is 1.83 bits per heavy atom. The number of ether oxygens (including phenoxy) is 1. The predicted octanol–water partition coefficient (Wildman–Crippen LogP) is 6.27. The Labute approximate surface area is 151 Å². The van der Waals surface area contributed by atoms with Crippen molar-refractivity contribution >= 4 is 33.1 Å². The van der Waals surface area contributed by atoms with Crippen LogP contribution in [0.25, 0.3) is 5.57 Å². The maximum atomic E-state index is 5.98. The summed E-state index contributed by atoms with van der Waals surface area (Å²) < 4.78 is 5.88. The molecule has 3 rings (SSSR count). The van der Waals surface area contributed by atoms with Gasteiger partial charge >= 0.3 is 0 Å². The lowest BCUT2D eigenvalue weighted by molar-refractivity contribution is 0.306. The van der Waals surface area contributed by atoms with Gasteiger partial charge in [0.1, 0.15) is 5.75 Å². The molecule has 0 N–H and O–H groups in total. The molecule has 0 saturated carbocycles. The monoisotopic (exact) mass is 390 g/mol. The summed E-state index contributed by atoms with van der Waals surface area (Å²) in [6.07, 6.45) is 6.78. The minimum absolute atomic E-state index is 0.774. The van der Waals surface area contributed by atoms with E-state index in [1.54, 1.807) is 0 Å². The van der Waals surface area contributed by atoms with Crippen LogP contribution in [0.3, 0.4) is 0 Å². The predicted molar refractivity (Wildman–Crippen MR) is 102 cm³/mol. The fourth-order valence-corrected chi connectivity index (χ4v) is 3.40. The summed E-state index contributed by atoms with van der Waals surface area (Å²) in [6, 6.07) is 14.5. The van der Waals surface area contributed by atoms with Gasteiger partial charge in [-0.05, 0) is 72.2 Å². The molecule has 0 amide bonds. The van der Waals surface area contributed by atoms with Gasteiger partial charge < -0.3 is 4.74 Å². The topological polar surface area (TPSA) is 9.23 Å². The van der Waals surface area contributed by atoms with E-state index in [2.05, 4.69) is 52.3 Å². The van der Waals surface area contributed by atoms with Gasteiger partial charge in [0, 0.05) is 10.4 Å². The normalized spacial score (nSPS) is 12.9. The minimum Gasteiger partial charge on any atom is -0.494 e. The van der Waals surface area contributed by atoms with Gasteiger partial charge in [0.25, 0.3) is 0 Å². The Bertz CT molecular complexity index is 691. The first-order valence-electron chi connectivity index (χ1n) is 8.06. The number of rotatable bonds is 7. The molecule has 0 fully saturated rings. The van der Waals surface area contributed by atoms with Gasteiger partial charge in [0.05, 0.1) is 6.61 Å². The molecule has 0 bridgehead atoms. The number of hydrogen-bond acceptors (Lipinski definition) is 1. The summed E-state index contributed by atoms with van der Waals surface area (Å²) in [7, 11) is 0. The lowest BCUT2D eigenvalue weighted by atomic mass is 9.99. The fourth-order valence-electron chi connectivity index (χ4n) is 2.88. The van der Waals surface area contributed by atoms with Crippen LogP contribution in [0, 0.1) is 0 Å². The highest BCUT2D eigenvalue weighted by atomic mass is 79.9. The quantitative estimate of drug-likeness (QED) is 0.399. The summed E-state index contributed by atoms with van der Waals surface area (Å²) in [4.78, 5) is 0. The van der Waals surface area contributed by atoms with Gasteiger partial charge in [-0.2, -0.15) is 0 Å². The molecule has 0 unspecified atom stereocenters. The number of hydrogen-bond donors (Lipinski definition) is 0. The Morgan fingerprint density at radius 1 is 1.00 bits per heavy atom. The number of alkyl halides is 1. The van der Waals surface area contributed by atoms with E-state index in [4.69, 9.17) is 16.3 Å². The number of halogens is 2. The van der Waals surface area contributed by atoms with E-state index >= 15 is 0 Å². The first kappa shape index (κ1) is 16.6. The van der Waals surface area contributed by atoms with E-state index < -0.39 is 0 Å². The van der Waals surface area contributed by atoms with Crippen molar-refractivity contribution in [3.63, 3.8) is 0 Å². The second kappa shape index (κ2) is 8.03. The van der Waals surface area contributed by atoms with E-state index in [1.807, 2.05) is 12.1 Å². The van der Waals surface area contributed by atoms with E-state index in [9.17, 15) is 0 Å². The van der Waals surface area contributed by atoms with E-state index in [0.717, 1.165) is 35.6 Å². The summed E-state index contributed by atoms with van der Waals surface area (Å²) in [6.45, 7) is 0.795. The van der Waals surface area contributed by atoms with Crippen molar-refractivity contribution < 1.29 is 4.74 Å². The second-order valence-electron chi connectivity index (χ2n) is 5.75. The van der Waals surface area contributed by atoms with Crippen molar-refractivity contribution in [1.29, 1.82) is 0 Å². The van der Waals surface area contributed by atoms with Crippen LogP contribution in [0.4, 0.5) is 0 Å². The van der Waals surface area contributed by atoms with Gasteiger partial charge in [0.2, 0.25) is 0 Å². The molecule has 0 aliphatic heterocycles. The Morgan fingerprint density at radius 3 is 2.61 bits per heavy atom. The van der Waals surface area contributed by atoms with Crippen molar-refractivity contribution in [2.45, 2.75) is 25.7 Å². The largest absolute Gasteiger partial charge is 0.494 e. The first-order chi connectivity index (χ1) is 11.3. The number of benzene rings is 2. The van der Waals surface area contributed by atoms with Gasteiger partial charge in [-0.25, -0.2) is 0 Å². The molecule has 0 radical (unpaired) electrons. The highest BCUT2D eigenvalue weighted by molar-refractivity contribution is 9.09. The van der Waals surface area contributed by atoms with Gasteiger partial charge in [-0.15, -0.1) is 0 Å². The SMILES string of the molecule is Clc1ccc(C2=CCc3cc(OCCCCCBr)ccc32)cc1. The summed E-state index contributed by atoms with van der Waals surface area (Å²) in [5.74, 6) is 0.980. The van der Waals surface area contributed by atoms with Gasteiger partial charge in [0.15, 0.2) is 0 Å². The van der Waals surface area contributed by atoms with Crippen LogP contribution >= 0.6 is 27.5 Å². The Hall–Kier alpha value is -1.25. The molecule has 3 heteroatoms. The zero-order valence-electron chi connectivity index (χ0n) is 13.0. The van der Waals surface area contributed by atoms with Crippen LogP contribution in [0.5, 0.6) is 5.75 Å². The molecule has 23 heavy (non-hydrogen) atoms. The van der Waals surface area contributed by atoms with E-state index in [0.29, 0.717) is 0 Å². The molecule has 1 nitrogen and oxygen atoms in total. The first-order valence-corrected chi connectivity index (χ1v) is 9.56. The number of fused-ring (bicyclic) bond motifs is 1. The highest BCUT2D eigenvalue weighted by Crippen LogP contribution is 2.35. The third-order valence-corrected chi connectivity index (χ3v) is 4.91. The summed E-state index contributed by atoms with van der Waals surface area (Å²) in [5, 5.41) is 1.85. The fraction of sp³-hybridized carbons (Fsp3) is 0.300. The van der Waals surface area contributed by atoms with Crippen LogP contribution in [0.1, 0.15) is 36.0 Å². The molecule has 120 valence electrons. The molecular weight excluding hydrogens is 372 g/mol. The zero-order chi connectivity index (χ0) is 16.1. The molecule has 0 aromatic heterocycles. The van der Waals surface area contributed by atoms with Gasteiger partial charge in [-0.1, -0.05) is 51.8 Å². The van der Waals surface area contributed by atoms with Crippen molar-refractivity contribution in [3.8, 4) is 5.75 Å². The molecule has 0 spiro atoms. The zero-order valence-corrected chi connectivity index (χ0v) is 15.4. The van der Waals surface area contributed by atoms with Gasteiger partial charge in [-0.3, -0.25) is 0 Å². The molecule has 0 heterocycles. The van der Waals surface area contributed by atoms with Crippen LogP contribution < -0.4 is 4.74 Å². The standard InChI is InChI=1S/C20H20BrClO/c21-12-2-1-3-13-23-18-9-11-20-16(14-18)6-10-19(20)15-4-7-17(22)8-5-15/h4-5,7-11,14H,1-3,6,12-13H2. The molecule has 2 aromatic rings. The average Bonchev–Trinajstić information content (AvgIpc) is 2.98. The third-order valence-electron chi connectivity index (χ3n) is 4.09. The lowest BCUT2D eigenvalue weighted by Gasteiger charge is -2.10. The lowest BCUT2D eigenvalue weighted by Crippen LogP contribution is -1.98. The van der Waals surface area contributed by atoms with Crippen molar-refractivity contribution in [2.24, 2.45) is 0 Å². The summed E-state index contributed by atoms with van der Waals surface area (Å²) in [5.41, 5.74) is 5.16. The van der Waals surface area contributed by atoms with E-state index in [-0.39, 0.29) is 0 Å². The Kier molecular flexibility index (Phi) is 5.80. The molecule has 1 aliphatic rings. The highest BCUT2D eigenvalue weighted by Gasteiger charge is 2.16. The second-order valence-corrected chi connectivity index (χ2v) is 6.98. The Balaban J connectivity index is 1.66. The van der Waals surface area contributed by atoms with Crippen LogP contribution in [0.15, 0.2) is 48.5 Å². The molecule has 1 aliphatic carbocycles. The van der Waals surface area contributed by atoms with Crippen LogP contribution in [-0.2, 0) is 6.42 Å². The molecule has 0 saturated heterocycles. The maximum Gasteiger partial charge on any atom is 0.119 e. The number of allylic oxidation sites excluding steroid dienone is 1. The molecule has 2 aromatic carbocycles. The maximum absolute atomic E-state index is 5.98. The average molecular weight is 392 g/mol. The summed E-state index contributed by atoms with van der Waals surface area (Å²) >= 11 is 9.44. The van der Waals surface area contributed by atoms with Crippen molar-refractivity contribution in [1.82, 2.24) is 0 Å². The van der Waals surface area contributed by atoms with Crippen molar-refractivity contribution in [2.75, 3.05) is 11.9 Å². The van der Waals surface area contributed by atoms with Crippen LogP contribution in [0.2, 0.25) is 5.02 Å². The minimum atomic E-state index is 0.774. The smallest absolute Gasteiger partial charge is 0.119 e. The molecular formula is C20H20BrClO. The van der Waals surface area contributed by atoms with Crippen LogP contribution in [-0.4, -0.2) is 11.9 Å². The van der Waals surface area contributed by atoms with Crippen molar-refractivity contribution in [3.05, 3.63) is 70.3 Å². The van der Waals surface area contributed by atoms with E-state index in [1.165, 1.54) is 35.1 Å². The third kappa shape index (κ3) is 4.19. The molecule has 0 atom stereocenters. The number of unbranched alkanes of at least 4 members (excludes halogenated alkanes) is 2.